The van der Waals surface area contributed by atoms with Crippen LogP contribution in [0.5, 0.6) is 0 Å². The molecule has 98 valence electrons. The molecule has 1 fully saturated rings. The van der Waals surface area contributed by atoms with Crippen LogP contribution in [0, 0.1) is 0 Å². The number of carbonyl (C=O) groups is 1. The van der Waals surface area contributed by atoms with Gasteiger partial charge in [-0.1, -0.05) is 18.2 Å². The first-order valence-corrected chi connectivity index (χ1v) is 6.64. The maximum Gasteiger partial charge on any atom is 0.314 e. The highest BCUT2D eigenvalue weighted by Crippen LogP contribution is 2.24. The van der Waals surface area contributed by atoms with Gasteiger partial charge >= 0.3 is 6.03 Å². The number of carbonyl (C=O) groups excluding carboxylic acids is 1. The molecular weight excluding hydrogens is 226 g/mol. The van der Waals surface area contributed by atoms with Crippen LogP contribution in [0.4, 0.5) is 10.5 Å². The van der Waals surface area contributed by atoms with E-state index in [0.29, 0.717) is 19.1 Å². The standard InChI is InChI=1S/C14H21N3O/c1-2-15-14(18)16-11-13-9-6-10-17(13)12-7-4-3-5-8-12/h3-5,7-8,13H,2,6,9-11H2,1H3,(H2,15,16,18)/t13-/m1/s1. The van der Waals surface area contributed by atoms with Crippen molar-refractivity contribution in [2.75, 3.05) is 24.5 Å². The van der Waals surface area contributed by atoms with E-state index in [-0.39, 0.29) is 6.03 Å². The number of hydrogen-bond donors (Lipinski definition) is 2. The minimum absolute atomic E-state index is 0.0718. The Labute approximate surface area is 108 Å². The summed E-state index contributed by atoms with van der Waals surface area (Å²) in [6.07, 6.45) is 2.33. The quantitative estimate of drug-likeness (QED) is 0.854. The fourth-order valence-corrected chi connectivity index (χ4v) is 2.44. The van der Waals surface area contributed by atoms with Gasteiger partial charge in [-0.2, -0.15) is 0 Å². The Balaban J connectivity index is 1.90. The molecule has 18 heavy (non-hydrogen) atoms. The Kier molecular flexibility index (Phi) is 4.45. The van der Waals surface area contributed by atoms with Crippen LogP contribution in [0.3, 0.4) is 0 Å². The van der Waals surface area contributed by atoms with Crippen molar-refractivity contribution in [3.05, 3.63) is 30.3 Å². The van der Waals surface area contributed by atoms with Gasteiger partial charge < -0.3 is 15.5 Å². The number of benzene rings is 1. The molecule has 1 aromatic carbocycles. The Bertz CT molecular complexity index is 380. The van der Waals surface area contributed by atoms with Gasteiger partial charge in [0.05, 0.1) is 0 Å². The fraction of sp³-hybridized carbons (Fsp3) is 0.500. The number of nitrogens with zero attached hydrogens (tertiary/aromatic N) is 1. The minimum atomic E-state index is -0.0718. The molecule has 0 unspecified atom stereocenters. The summed E-state index contributed by atoms with van der Waals surface area (Å²) >= 11 is 0. The number of urea groups is 1. The fourth-order valence-electron chi connectivity index (χ4n) is 2.44. The lowest BCUT2D eigenvalue weighted by atomic mass is 10.2. The minimum Gasteiger partial charge on any atom is -0.367 e. The summed E-state index contributed by atoms with van der Waals surface area (Å²) in [7, 11) is 0. The summed E-state index contributed by atoms with van der Waals surface area (Å²) in [6, 6.07) is 10.7. The van der Waals surface area contributed by atoms with E-state index in [9.17, 15) is 4.79 Å². The number of rotatable bonds is 4. The van der Waals surface area contributed by atoms with Gasteiger partial charge in [-0.05, 0) is 31.9 Å². The van der Waals surface area contributed by atoms with Crippen LogP contribution in [-0.4, -0.2) is 31.7 Å². The predicted octanol–water partition coefficient (Wildman–Crippen LogP) is 1.97. The third kappa shape index (κ3) is 3.15. The molecule has 1 aliphatic rings. The van der Waals surface area contributed by atoms with Crippen molar-refractivity contribution >= 4 is 11.7 Å². The van der Waals surface area contributed by atoms with Crippen molar-refractivity contribution < 1.29 is 4.79 Å². The first kappa shape index (κ1) is 12.7. The molecule has 2 N–H and O–H groups in total. The zero-order chi connectivity index (χ0) is 12.8. The van der Waals surface area contributed by atoms with E-state index in [2.05, 4.69) is 39.8 Å². The lowest BCUT2D eigenvalue weighted by Crippen LogP contribution is -2.44. The number of nitrogens with one attached hydrogen (secondary N) is 2. The highest BCUT2D eigenvalue weighted by Gasteiger charge is 2.24. The van der Waals surface area contributed by atoms with E-state index >= 15 is 0 Å². The molecule has 1 heterocycles. The maximum atomic E-state index is 11.4. The molecule has 4 heteroatoms. The molecule has 0 spiro atoms. The highest BCUT2D eigenvalue weighted by atomic mass is 16.2. The van der Waals surface area contributed by atoms with Gasteiger partial charge in [0.1, 0.15) is 0 Å². The van der Waals surface area contributed by atoms with E-state index in [1.54, 1.807) is 0 Å². The van der Waals surface area contributed by atoms with Crippen LogP contribution in [-0.2, 0) is 0 Å². The molecule has 0 radical (unpaired) electrons. The van der Waals surface area contributed by atoms with E-state index in [1.165, 1.54) is 12.1 Å². The third-order valence-corrected chi connectivity index (χ3v) is 3.30. The van der Waals surface area contributed by atoms with Gasteiger partial charge in [0.15, 0.2) is 0 Å². The second kappa shape index (κ2) is 6.28. The lowest BCUT2D eigenvalue weighted by Gasteiger charge is -2.27. The van der Waals surface area contributed by atoms with Crippen molar-refractivity contribution in [2.45, 2.75) is 25.8 Å². The van der Waals surface area contributed by atoms with Gasteiger partial charge in [0.2, 0.25) is 0 Å². The van der Waals surface area contributed by atoms with Crippen LogP contribution < -0.4 is 15.5 Å². The topological polar surface area (TPSA) is 44.4 Å². The predicted molar refractivity (Wildman–Crippen MR) is 73.9 cm³/mol. The Hall–Kier alpha value is -1.71. The molecular formula is C14H21N3O. The molecule has 0 saturated carbocycles. The average Bonchev–Trinajstić information content (AvgIpc) is 2.86. The lowest BCUT2D eigenvalue weighted by molar-refractivity contribution is 0.240. The largest absolute Gasteiger partial charge is 0.367 e. The monoisotopic (exact) mass is 247 g/mol. The number of amides is 2. The van der Waals surface area contributed by atoms with Crippen molar-refractivity contribution in [3.8, 4) is 0 Å². The summed E-state index contributed by atoms with van der Waals surface area (Å²) in [5.41, 5.74) is 1.25. The molecule has 0 bridgehead atoms. The van der Waals surface area contributed by atoms with Crippen LogP contribution >= 0.6 is 0 Å². The van der Waals surface area contributed by atoms with E-state index in [0.717, 1.165) is 13.0 Å². The smallest absolute Gasteiger partial charge is 0.314 e. The third-order valence-electron chi connectivity index (χ3n) is 3.30. The van der Waals surface area contributed by atoms with Crippen LogP contribution in [0.15, 0.2) is 30.3 Å². The van der Waals surface area contributed by atoms with Crippen LogP contribution in [0.2, 0.25) is 0 Å². The summed E-state index contributed by atoms with van der Waals surface area (Å²) < 4.78 is 0. The second-order valence-corrected chi connectivity index (χ2v) is 4.57. The Morgan fingerprint density at radius 2 is 2.11 bits per heavy atom. The summed E-state index contributed by atoms with van der Waals surface area (Å²) in [5, 5.41) is 5.69. The molecule has 1 aromatic rings. The maximum absolute atomic E-state index is 11.4. The van der Waals surface area contributed by atoms with Crippen molar-refractivity contribution in [3.63, 3.8) is 0 Å². The number of anilines is 1. The van der Waals surface area contributed by atoms with Gasteiger partial charge in [-0.15, -0.1) is 0 Å². The van der Waals surface area contributed by atoms with Crippen LogP contribution in [0.25, 0.3) is 0 Å². The van der Waals surface area contributed by atoms with Crippen molar-refractivity contribution in [1.29, 1.82) is 0 Å². The average molecular weight is 247 g/mol. The van der Waals surface area contributed by atoms with E-state index in [4.69, 9.17) is 0 Å². The summed E-state index contributed by atoms with van der Waals surface area (Å²) in [5.74, 6) is 0. The number of para-hydroxylation sites is 1. The molecule has 0 aliphatic carbocycles. The number of hydrogen-bond acceptors (Lipinski definition) is 2. The van der Waals surface area contributed by atoms with Crippen LogP contribution in [0.1, 0.15) is 19.8 Å². The normalized spacial score (nSPS) is 18.7. The zero-order valence-electron chi connectivity index (χ0n) is 10.9. The molecule has 0 aromatic heterocycles. The van der Waals surface area contributed by atoms with Gasteiger partial charge in [0, 0.05) is 31.4 Å². The Morgan fingerprint density at radius 3 is 2.83 bits per heavy atom. The van der Waals surface area contributed by atoms with Crippen molar-refractivity contribution in [1.82, 2.24) is 10.6 Å². The molecule has 2 rings (SSSR count). The van der Waals surface area contributed by atoms with Gasteiger partial charge in [0.25, 0.3) is 0 Å². The van der Waals surface area contributed by atoms with Gasteiger partial charge in [-0.25, -0.2) is 4.79 Å². The first-order valence-electron chi connectivity index (χ1n) is 6.64. The SMILES string of the molecule is CCNC(=O)NC[C@H]1CCCN1c1ccccc1. The van der Waals surface area contributed by atoms with Crippen molar-refractivity contribution in [2.24, 2.45) is 0 Å². The van der Waals surface area contributed by atoms with E-state index in [1.807, 2.05) is 13.0 Å². The van der Waals surface area contributed by atoms with Gasteiger partial charge in [-0.3, -0.25) is 0 Å². The zero-order valence-corrected chi connectivity index (χ0v) is 10.9. The highest BCUT2D eigenvalue weighted by molar-refractivity contribution is 5.73. The summed E-state index contributed by atoms with van der Waals surface area (Å²) in [6.45, 7) is 4.37. The molecule has 1 aliphatic heterocycles. The second-order valence-electron chi connectivity index (χ2n) is 4.57. The molecule has 4 nitrogen and oxygen atoms in total. The molecule has 1 saturated heterocycles. The van der Waals surface area contributed by atoms with E-state index < -0.39 is 0 Å². The molecule has 1 atom stereocenters. The Morgan fingerprint density at radius 1 is 1.33 bits per heavy atom. The summed E-state index contributed by atoms with van der Waals surface area (Å²) in [4.78, 5) is 13.8. The first-order chi connectivity index (χ1) is 8.81. The molecule has 2 amide bonds.